The summed E-state index contributed by atoms with van der Waals surface area (Å²) in [4.78, 5) is 11.3. The zero-order valence-corrected chi connectivity index (χ0v) is 10.8. The maximum Gasteiger partial charge on any atom is 0.234 e. The Balaban J connectivity index is 1.52. The van der Waals surface area contributed by atoms with Crippen molar-refractivity contribution in [2.75, 3.05) is 6.61 Å². The third-order valence-corrected chi connectivity index (χ3v) is 4.84. The van der Waals surface area contributed by atoms with Crippen molar-refractivity contribution in [3.05, 3.63) is 29.3 Å². The van der Waals surface area contributed by atoms with Gasteiger partial charge in [0.2, 0.25) is 5.91 Å². The third-order valence-electron chi connectivity index (χ3n) is 4.84. The molecule has 3 aliphatic rings. The van der Waals surface area contributed by atoms with Gasteiger partial charge in [-0.2, -0.15) is 0 Å². The number of nitrogens with one attached hydrogen (secondary N) is 1. The van der Waals surface area contributed by atoms with E-state index in [1.165, 1.54) is 11.1 Å². The van der Waals surface area contributed by atoms with Gasteiger partial charge in [0.05, 0.1) is 12.6 Å². The maximum atomic E-state index is 11.3. The molecular formula is C15H18N2O2. The van der Waals surface area contributed by atoms with Gasteiger partial charge in [-0.15, -0.1) is 0 Å². The Morgan fingerprint density at radius 3 is 3.21 bits per heavy atom. The average molecular weight is 258 g/mol. The molecule has 3 unspecified atom stereocenters. The molecule has 1 saturated carbocycles. The molecule has 1 aromatic rings. The average Bonchev–Trinajstić information content (AvgIpc) is 2.78. The minimum atomic E-state index is -0.219. The summed E-state index contributed by atoms with van der Waals surface area (Å²) >= 11 is 0. The summed E-state index contributed by atoms with van der Waals surface area (Å²) in [6.45, 7) is 0.800. The molecule has 2 heterocycles. The Morgan fingerprint density at radius 1 is 1.53 bits per heavy atom. The van der Waals surface area contributed by atoms with E-state index in [1.54, 1.807) is 0 Å². The second-order valence-electron chi connectivity index (χ2n) is 6.11. The van der Waals surface area contributed by atoms with Crippen molar-refractivity contribution in [1.82, 2.24) is 5.32 Å². The van der Waals surface area contributed by atoms with Crippen LogP contribution in [0.1, 0.15) is 24.0 Å². The Kier molecular flexibility index (Phi) is 2.22. The molecule has 0 bridgehead atoms. The first-order chi connectivity index (χ1) is 9.16. The first-order valence-corrected chi connectivity index (χ1v) is 6.98. The standard InChI is InChI=1S/C15H18N2O2/c16-14(18)12-6-11-8-15(11,17-12)7-9-1-2-10-3-4-19-13(10)5-9/h1-2,5,11-12,17H,3-4,6-8H2,(H2,16,18). The molecule has 2 aliphatic heterocycles. The van der Waals surface area contributed by atoms with Crippen LogP contribution in [0, 0.1) is 5.92 Å². The van der Waals surface area contributed by atoms with Gasteiger partial charge in [-0.3, -0.25) is 10.1 Å². The molecule has 1 aliphatic carbocycles. The van der Waals surface area contributed by atoms with Crippen LogP contribution >= 0.6 is 0 Å². The summed E-state index contributed by atoms with van der Waals surface area (Å²) in [5.74, 6) is 1.43. The molecule has 1 amide bonds. The van der Waals surface area contributed by atoms with E-state index in [9.17, 15) is 4.79 Å². The molecule has 3 atom stereocenters. The van der Waals surface area contributed by atoms with Gasteiger partial charge in [0.1, 0.15) is 5.75 Å². The highest BCUT2D eigenvalue weighted by atomic mass is 16.5. The molecule has 4 heteroatoms. The molecule has 4 rings (SSSR count). The van der Waals surface area contributed by atoms with Gasteiger partial charge >= 0.3 is 0 Å². The number of hydrogen-bond acceptors (Lipinski definition) is 3. The molecule has 2 fully saturated rings. The first-order valence-electron chi connectivity index (χ1n) is 6.98. The van der Waals surface area contributed by atoms with E-state index < -0.39 is 0 Å². The van der Waals surface area contributed by atoms with Gasteiger partial charge in [0.25, 0.3) is 0 Å². The highest BCUT2D eigenvalue weighted by Gasteiger charge is 2.60. The van der Waals surface area contributed by atoms with E-state index in [1.807, 2.05) is 0 Å². The molecule has 0 aromatic heterocycles. The van der Waals surface area contributed by atoms with Crippen LogP contribution in [0.3, 0.4) is 0 Å². The quantitative estimate of drug-likeness (QED) is 0.841. The minimum absolute atomic E-state index is 0.118. The lowest BCUT2D eigenvalue weighted by atomic mass is 10.0. The van der Waals surface area contributed by atoms with Crippen LogP contribution in [0.2, 0.25) is 0 Å². The van der Waals surface area contributed by atoms with Gasteiger partial charge in [0.15, 0.2) is 0 Å². The Labute approximate surface area is 112 Å². The van der Waals surface area contributed by atoms with Crippen LogP contribution in [-0.4, -0.2) is 24.1 Å². The van der Waals surface area contributed by atoms with E-state index in [2.05, 4.69) is 23.5 Å². The van der Waals surface area contributed by atoms with Crippen LogP contribution in [0.5, 0.6) is 5.75 Å². The second-order valence-corrected chi connectivity index (χ2v) is 6.11. The summed E-state index contributed by atoms with van der Waals surface area (Å²) < 4.78 is 5.61. The summed E-state index contributed by atoms with van der Waals surface area (Å²) in [6.07, 6.45) is 4.05. The van der Waals surface area contributed by atoms with Crippen molar-refractivity contribution in [3.8, 4) is 5.75 Å². The molecule has 19 heavy (non-hydrogen) atoms. The fourth-order valence-corrected chi connectivity index (χ4v) is 3.70. The number of amides is 1. The summed E-state index contributed by atoms with van der Waals surface area (Å²) in [5, 5.41) is 3.44. The fraction of sp³-hybridized carbons (Fsp3) is 0.533. The first kappa shape index (κ1) is 11.3. The van der Waals surface area contributed by atoms with Crippen molar-refractivity contribution < 1.29 is 9.53 Å². The van der Waals surface area contributed by atoms with E-state index in [0.29, 0.717) is 5.92 Å². The molecule has 100 valence electrons. The predicted molar refractivity (Wildman–Crippen MR) is 70.9 cm³/mol. The lowest BCUT2D eigenvalue weighted by molar-refractivity contribution is -0.120. The van der Waals surface area contributed by atoms with E-state index in [-0.39, 0.29) is 17.5 Å². The zero-order valence-electron chi connectivity index (χ0n) is 10.8. The molecule has 1 saturated heterocycles. The maximum absolute atomic E-state index is 11.3. The van der Waals surface area contributed by atoms with Gasteiger partial charge in [-0.05, 0) is 42.4 Å². The number of fused-ring (bicyclic) bond motifs is 2. The molecule has 0 radical (unpaired) electrons. The Hall–Kier alpha value is -1.55. The summed E-state index contributed by atoms with van der Waals surface area (Å²) in [6, 6.07) is 6.39. The highest BCUT2D eigenvalue weighted by Crippen LogP contribution is 2.53. The van der Waals surface area contributed by atoms with Gasteiger partial charge in [-0.25, -0.2) is 0 Å². The van der Waals surface area contributed by atoms with Crippen molar-refractivity contribution in [1.29, 1.82) is 0 Å². The van der Waals surface area contributed by atoms with E-state index >= 15 is 0 Å². The number of piperidine rings is 1. The number of carbonyl (C=O) groups excluding carboxylic acids is 1. The van der Waals surface area contributed by atoms with Gasteiger partial charge in [0, 0.05) is 12.0 Å². The normalized spacial score (nSPS) is 34.5. The predicted octanol–water partition coefficient (Wildman–Crippen LogP) is 0.770. The Bertz CT molecular complexity index is 557. The largest absolute Gasteiger partial charge is 0.493 e. The van der Waals surface area contributed by atoms with Crippen molar-refractivity contribution in [2.24, 2.45) is 11.7 Å². The van der Waals surface area contributed by atoms with Crippen molar-refractivity contribution in [3.63, 3.8) is 0 Å². The number of primary amides is 1. The molecular weight excluding hydrogens is 240 g/mol. The SMILES string of the molecule is NC(=O)C1CC2CC2(Cc2ccc3c(c2)OCC3)N1. The van der Waals surface area contributed by atoms with Crippen LogP contribution in [0.4, 0.5) is 0 Å². The summed E-state index contributed by atoms with van der Waals surface area (Å²) in [7, 11) is 0. The summed E-state index contributed by atoms with van der Waals surface area (Å²) in [5.41, 5.74) is 8.10. The zero-order chi connectivity index (χ0) is 13.0. The van der Waals surface area contributed by atoms with Crippen molar-refractivity contribution in [2.45, 2.75) is 37.3 Å². The monoisotopic (exact) mass is 258 g/mol. The number of ether oxygens (including phenoxy) is 1. The van der Waals surface area contributed by atoms with E-state index in [0.717, 1.165) is 38.0 Å². The van der Waals surface area contributed by atoms with Gasteiger partial charge in [-0.1, -0.05) is 12.1 Å². The second kappa shape index (κ2) is 3.73. The number of benzene rings is 1. The van der Waals surface area contributed by atoms with Crippen LogP contribution in [-0.2, 0) is 17.6 Å². The fourth-order valence-electron chi connectivity index (χ4n) is 3.70. The lowest BCUT2D eigenvalue weighted by Gasteiger charge is -2.17. The van der Waals surface area contributed by atoms with Crippen molar-refractivity contribution >= 4 is 5.91 Å². The molecule has 1 aromatic carbocycles. The highest BCUT2D eigenvalue weighted by molar-refractivity contribution is 5.80. The minimum Gasteiger partial charge on any atom is -0.493 e. The van der Waals surface area contributed by atoms with Gasteiger partial charge < -0.3 is 10.5 Å². The van der Waals surface area contributed by atoms with Crippen LogP contribution < -0.4 is 15.8 Å². The number of carbonyl (C=O) groups is 1. The number of hydrogen-bond donors (Lipinski definition) is 2. The Morgan fingerprint density at radius 2 is 2.42 bits per heavy atom. The van der Waals surface area contributed by atoms with Crippen LogP contribution in [0.15, 0.2) is 18.2 Å². The smallest absolute Gasteiger partial charge is 0.234 e. The molecule has 3 N–H and O–H groups in total. The molecule has 4 nitrogen and oxygen atoms in total. The number of rotatable bonds is 3. The molecule has 0 spiro atoms. The topological polar surface area (TPSA) is 64.4 Å². The number of nitrogens with two attached hydrogens (primary N) is 1. The van der Waals surface area contributed by atoms with E-state index in [4.69, 9.17) is 10.5 Å². The lowest BCUT2D eigenvalue weighted by Crippen LogP contribution is -2.44. The van der Waals surface area contributed by atoms with Crippen LogP contribution in [0.25, 0.3) is 0 Å². The third kappa shape index (κ3) is 1.74.